The molecule has 9 heteroatoms. The van der Waals surface area contributed by atoms with Crippen LogP contribution in [0.2, 0.25) is 0 Å². The van der Waals surface area contributed by atoms with Crippen LogP contribution >= 0.6 is 11.5 Å². The Bertz CT molecular complexity index is 784. The second-order valence-corrected chi connectivity index (χ2v) is 5.21. The monoisotopic (exact) mass is 296 g/mol. The quantitative estimate of drug-likeness (QED) is 0.739. The van der Waals surface area contributed by atoms with Crippen molar-refractivity contribution in [3.63, 3.8) is 0 Å². The number of aromatic nitrogens is 3. The number of H-pyrrole nitrogens is 1. The van der Waals surface area contributed by atoms with Gasteiger partial charge in [-0.05, 0) is 11.5 Å². The molecule has 8 nitrogen and oxygen atoms in total. The summed E-state index contributed by atoms with van der Waals surface area (Å²) in [6.07, 6.45) is 0. The molecule has 0 bridgehead atoms. The Labute approximate surface area is 116 Å². The molecular weight excluding hydrogens is 284 g/mol. The molecule has 1 saturated heterocycles. The normalized spacial score (nSPS) is 15.8. The first kappa shape index (κ1) is 13.0. The molecule has 1 fully saturated rings. The van der Waals surface area contributed by atoms with E-state index in [1.165, 1.54) is 7.05 Å². The summed E-state index contributed by atoms with van der Waals surface area (Å²) in [7, 11) is 1.36. The summed E-state index contributed by atoms with van der Waals surface area (Å²) < 4.78 is 10.1. The third-order valence-electron chi connectivity index (χ3n) is 3.23. The fourth-order valence-electron chi connectivity index (χ4n) is 2.05. The van der Waals surface area contributed by atoms with E-state index in [0.717, 1.165) is 16.1 Å². The maximum absolute atomic E-state index is 12.4. The van der Waals surface area contributed by atoms with Crippen molar-refractivity contribution in [3.8, 4) is 0 Å². The summed E-state index contributed by atoms with van der Waals surface area (Å²) in [5.41, 5.74) is -0.715. The highest BCUT2D eigenvalue weighted by Crippen LogP contribution is 2.19. The van der Waals surface area contributed by atoms with Crippen LogP contribution in [-0.2, 0) is 11.8 Å². The van der Waals surface area contributed by atoms with Gasteiger partial charge in [-0.2, -0.15) is 4.37 Å². The predicted molar refractivity (Wildman–Crippen MR) is 72.2 cm³/mol. The summed E-state index contributed by atoms with van der Waals surface area (Å²) in [5.74, 6) is -0.232. The molecule has 1 aliphatic heterocycles. The molecule has 106 valence electrons. The minimum absolute atomic E-state index is 0.119. The summed E-state index contributed by atoms with van der Waals surface area (Å²) in [6, 6.07) is 0. The van der Waals surface area contributed by atoms with Gasteiger partial charge in [0.2, 0.25) is 0 Å². The van der Waals surface area contributed by atoms with Crippen molar-refractivity contribution in [2.24, 2.45) is 7.05 Å². The predicted octanol–water partition coefficient (Wildman–Crippen LogP) is -0.844. The van der Waals surface area contributed by atoms with Crippen molar-refractivity contribution in [2.45, 2.75) is 0 Å². The highest BCUT2D eigenvalue weighted by atomic mass is 32.1. The molecule has 0 spiro atoms. The number of amides is 1. The lowest BCUT2D eigenvalue weighted by Gasteiger charge is -2.26. The van der Waals surface area contributed by atoms with E-state index < -0.39 is 11.2 Å². The lowest BCUT2D eigenvalue weighted by Crippen LogP contribution is -2.40. The molecule has 0 atom stereocenters. The number of hydrogen-bond acceptors (Lipinski definition) is 6. The van der Waals surface area contributed by atoms with Crippen LogP contribution in [0.15, 0.2) is 9.59 Å². The summed E-state index contributed by atoms with van der Waals surface area (Å²) in [4.78, 5) is 40.4. The summed E-state index contributed by atoms with van der Waals surface area (Å²) >= 11 is 0.931. The Morgan fingerprint density at radius 1 is 1.35 bits per heavy atom. The van der Waals surface area contributed by atoms with Crippen LogP contribution in [-0.4, -0.2) is 51.0 Å². The zero-order chi connectivity index (χ0) is 14.3. The minimum Gasteiger partial charge on any atom is -0.378 e. The van der Waals surface area contributed by atoms with E-state index in [2.05, 4.69) is 9.36 Å². The van der Waals surface area contributed by atoms with Crippen LogP contribution in [0.3, 0.4) is 0 Å². The molecule has 0 saturated carbocycles. The maximum Gasteiger partial charge on any atom is 0.328 e. The largest absolute Gasteiger partial charge is 0.378 e. The second kappa shape index (κ2) is 4.84. The first-order chi connectivity index (χ1) is 9.59. The topological polar surface area (TPSA) is 97.3 Å². The van der Waals surface area contributed by atoms with Crippen LogP contribution in [0.25, 0.3) is 11.0 Å². The van der Waals surface area contributed by atoms with Crippen molar-refractivity contribution in [1.29, 1.82) is 0 Å². The van der Waals surface area contributed by atoms with Gasteiger partial charge in [-0.3, -0.25) is 14.2 Å². The van der Waals surface area contributed by atoms with Gasteiger partial charge in [0.15, 0.2) is 5.52 Å². The van der Waals surface area contributed by atoms with Crippen molar-refractivity contribution >= 4 is 28.5 Å². The Kier molecular flexibility index (Phi) is 3.14. The van der Waals surface area contributed by atoms with E-state index in [4.69, 9.17) is 4.74 Å². The smallest absolute Gasteiger partial charge is 0.328 e. The third kappa shape index (κ3) is 1.95. The average molecular weight is 296 g/mol. The summed E-state index contributed by atoms with van der Waals surface area (Å²) in [6.45, 7) is 1.96. The number of nitrogens with one attached hydrogen (secondary N) is 1. The van der Waals surface area contributed by atoms with E-state index in [1.807, 2.05) is 0 Å². The van der Waals surface area contributed by atoms with Crippen molar-refractivity contribution < 1.29 is 9.53 Å². The number of nitrogens with zero attached hydrogens (tertiary/aromatic N) is 3. The molecule has 3 rings (SSSR count). The Hall–Kier alpha value is -2.00. The Balaban J connectivity index is 2.11. The fourth-order valence-corrected chi connectivity index (χ4v) is 2.85. The average Bonchev–Trinajstić information content (AvgIpc) is 2.89. The fraction of sp³-hybridized carbons (Fsp3) is 0.455. The van der Waals surface area contributed by atoms with Crippen molar-refractivity contribution in [3.05, 3.63) is 25.7 Å². The second-order valence-electron chi connectivity index (χ2n) is 4.43. The number of fused-ring (bicyclic) bond motifs is 1. The standard InChI is InChI=1S/C11H12N4O4S/c1-14-9(16)7-6(12-11(14)18)8(20-13-7)10(17)15-2-4-19-5-3-15/h2-5H2,1H3,(H,12,18). The van der Waals surface area contributed by atoms with Crippen LogP contribution < -0.4 is 11.2 Å². The first-order valence-corrected chi connectivity index (χ1v) is 6.82. The molecule has 1 N–H and O–H groups in total. The van der Waals surface area contributed by atoms with Gasteiger partial charge >= 0.3 is 5.69 Å². The van der Waals surface area contributed by atoms with Gasteiger partial charge in [0.1, 0.15) is 4.88 Å². The first-order valence-electron chi connectivity index (χ1n) is 6.05. The van der Waals surface area contributed by atoms with Crippen LogP contribution in [0.5, 0.6) is 0 Å². The molecule has 0 aliphatic carbocycles. The Morgan fingerprint density at radius 2 is 2.05 bits per heavy atom. The van der Waals surface area contributed by atoms with Crippen molar-refractivity contribution in [1.82, 2.24) is 18.8 Å². The van der Waals surface area contributed by atoms with Gasteiger partial charge in [0, 0.05) is 20.1 Å². The molecule has 1 aliphatic rings. The van der Waals surface area contributed by atoms with E-state index in [0.29, 0.717) is 26.3 Å². The number of hydrogen-bond donors (Lipinski definition) is 1. The maximum atomic E-state index is 12.4. The molecule has 2 aromatic heterocycles. The molecule has 1 amide bonds. The van der Waals surface area contributed by atoms with Gasteiger partial charge in [0.25, 0.3) is 11.5 Å². The molecule has 0 radical (unpaired) electrons. The highest BCUT2D eigenvalue weighted by molar-refractivity contribution is 7.09. The highest BCUT2D eigenvalue weighted by Gasteiger charge is 2.24. The van der Waals surface area contributed by atoms with Gasteiger partial charge in [0.05, 0.1) is 18.7 Å². The van der Waals surface area contributed by atoms with Gasteiger partial charge < -0.3 is 14.6 Å². The molecular formula is C11H12N4O4S. The molecule has 20 heavy (non-hydrogen) atoms. The number of rotatable bonds is 1. The lowest BCUT2D eigenvalue weighted by atomic mass is 10.3. The van der Waals surface area contributed by atoms with Gasteiger partial charge in [-0.15, -0.1) is 0 Å². The number of morpholine rings is 1. The van der Waals surface area contributed by atoms with E-state index in [-0.39, 0.29) is 21.8 Å². The lowest BCUT2D eigenvalue weighted by molar-refractivity contribution is 0.0307. The van der Waals surface area contributed by atoms with Crippen LogP contribution in [0.4, 0.5) is 0 Å². The zero-order valence-corrected chi connectivity index (χ0v) is 11.5. The molecule has 3 heterocycles. The SMILES string of the molecule is Cn1c(=O)[nH]c2c(C(=O)N3CCOCC3)snc2c1=O. The molecule has 0 unspecified atom stereocenters. The Morgan fingerprint density at radius 3 is 2.75 bits per heavy atom. The summed E-state index contributed by atoms with van der Waals surface area (Å²) in [5, 5.41) is 0. The third-order valence-corrected chi connectivity index (χ3v) is 4.06. The zero-order valence-electron chi connectivity index (χ0n) is 10.7. The minimum atomic E-state index is -0.557. The number of carbonyl (C=O) groups is 1. The molecule has 2 aromatic rings. The van der Waals surface area contributed by atoms with Crippen molar-refractivity contribution in [2.75, 3.05) is 26.3 Å². The van der Waals surface area contributed by atoms with Gasteiger partial charge in [-0.1, -0.05) is 0 Å². The van der Waals surface area contributed by atoms with E-state index in [1.54, 1.807) is 4.90 Å². The van der Waals surface area contributed by atoms with Gasteiger partial charge in [-0.25, -0.2) is 4.79 Å². The number of aromatic amines is 1. The van der Waals surface area contributed by atoms with E-state index >= 15 is 0 Å². The number of carbonyl (C=O) groups excluding carboxylic acids is 1. The van der Waals surface area contributed by atoms with Crippen LogP contribution in [0, 0.1) is 0 Å². The number of ether oxygens (including phenoxy) is 1. The van der Waals surface area contributed by atoms with E-state index in [9.17, 15) is 14.4 Å². The van der Waals surface area contributed by atoms with Crippen LogP contribution in [0.1, 0.15) is 9.67 Å². The molecule has 0 aromatic carbocycles.